The normalized spacial score (nSPS) is 21.4. The summed E-state index contributed by atoms with van der Waals surface area (Å²) in [6.45, 7) is 14.8. The Bertz CT molecular complexity index is 2460. The van der Waals surface area contributed by atoms with Crippen molar-refractivity contribution < 1.29 is 23.6 Å². The van der Waals surface area contributed by atoms with Crippen molar-refractivity contribution in [2.24, 2.45) is 11.8 Å². The Morgan fingerprint density at radius 2 is 1.57 bits per heavy atom. The molecule has 1 aliphatic carbocycles. The maximum atomic E-state index is 15.1. The molecule has 5 aliphatic rings. The fraction of sp³-hybridized carbons (Fsp3) is 0.547. The van der Waals surface area contributed by atoms with E-state index >= 15 is 4.39 Å². The fourth-order valence-corrected chi connectivity index (χ4v) is 11.1. The molecule has 68 heavy (non-hydrogen) atoms. The Morgan fingerprint density at radius 1 is 0.838 bits per heavy atom. The van der Waals surface area contributed by atoms with Crippen molar-refractivity contribution in [1.29, 1.82) is 0 Å². The van der Waals surface area contributed by atoms with Gasteiger partial charge >= 0.3 is 0 Å². The quantitative estimate of drug-likeness (QED) is 0.235. The molecular weight excluding hydrogens is 862 g/mol. The fourth-order valence-electron chi connectivity index (χ4n) is 11.1. The summed E-state index contributed by atoms with van der Waals surface area (Å²) in [5, 5.41) is 14.6. The van der Waals surface area contributed by atoms with Crippen LogP contribution in [0, 0.1) is 17.7 Å². The van der Waals surface area contributed by atoms with Crippen molar-refractivity contribution in [1.82, 2.24) is 45.3 Å². The van der Waals surface area contributed by atoms with Gasteiger partial charge in [-0.15, -0.1) is 0 Å². The Hall–Kier alpha value is -5.51. The first-order valence-corrected chi connectivity index (χ1v) is 25.2. The summed E-state index contributed by atoms with van der Waals surface area (Å²) in [6, 6.07) is 11.9. The number of H-pyrrole nitrogens is 1. The lowest BCUT2D eigenvalue weighted by atomic mass is 9.83. The van der Waals surface area contributed by atoms with Gasteiger partial charge in [0.2, 0.25) is 11.8 Å². The summed E-state index contributed by atoms with van der Waals surface area (Å²) >= 11 is 0. The van der Waals surface area contributed by atoms with Crippen LogP contribution in [-0.2, 0) is 16.0 Å². The van der Waals surface area contributed by atoms with Gasteiger partial charge in [-0.3, -0.25) is 33.8 Å². The van der Waals surface area contributed by atoms with E-state index in [1.54, 1.807) is 42.2 Å². The average molecular weight is 932 g/mol. The van der Waals surface area contributed by atoms with Crippen LogP contribution in [0.1, 0.15) is 108 Å². The predicted octanol–water partition coefficient (Wildman–Crippen LogP) is 3.25. The minimum atomic E-state index is -0.613. The molecule has 5 fully saturated rings. The molecule has 4 aliphatic heterocycles. The van der Waals surface area contributed by atoms with Crippen LogP contribution in [0.25, 0.3) is 12.2 Å². The third-order valence-corrected chi connectivity index (χ3v) is 15.1. The number of nitrogens with one attached hydrogen (secondary N) is 3. The molecule has 8 rings (SSSR count). The van der Waals surface area contributed by atoms with E-state index in [4.69, 9.17) is 0 Å². The van der Waals surface area contributed by atoms with Crippen molar-refractivity contribution in [2.75, 3.05) is 91.6 Å². The standard InChI is InChI=1S/C53H70FN9O5/c1-3-10-44-43(4-2)51(66)58-57-47(44)32-38-16-17-46(54)45(31-38)52(67)62-29-27-61(28-30-62)48(64)36-59-21-18-37(19-22-59)35-60-23-25-63(26-24-60)53(68)49(39-11-6-5-7-12-39)56-50(65)41-14-8-13-40(33-41)42-15-9-20-55-34-42/h3-4,8,10,13-14,16-17,31,33,37,39,42,49,55H,1,5-7,9,11-12,15,18-30,32,34-36H2,2H3,(H,56,65)(H,58,66)/b43-4+,44-10+. The monoisotopic (exact) mass is 932 g/mol. The van der Waals surface area contributed by atoms with Gasteiger partial charge in [0, 0.05) is 87.9 Å². The number of hydrogen-bond acceptors (Lipinski definition) is 9. The molecule has 3 N–H and O–H groups in total. The second kappa shape index (κ2) is 23.2. The molecule has 2 atom stereocenters. The molecule has 0 spiro atoms. The molecule has 2 aromatic carbocycles. The summed E-state index contributed by atoms with van der Waals surface area (Å²) in [5.41, 5.74) is 2.72. The number of benzene rings is 2. The highest BCUT2D eigenvalue weighted by atomic mass is 19.1. The van der Waals surface area contributed by atoms with Gasteiger partial charge in [-0.25, -0.2) is 9.49 Å². The lowest BCUT2D eigenvalue weighted by Crippen LogP contribution is -2.57. The van der Waals surface area contributed by atoms with Gasteiger partial charge in [0.1, 0.15) is 11.9 Å². The lowest BCUT2D eigenvalue weighted by Gasteiger charge is -2.41. The number of aromatic nitrogens is 2. The number of nitrogens with zero attached hydrogens (tertiary/aromatic N) is 6. The number of piperazine rings is 2. The van der Waals surface area contributed by atoms with Gasteiger partial charge in [-0.1, -0.05) is 62.3 Å². The Kier molecular flexibility index (Phi) is 16.7. The van der Waals surface area contributed by atoms with Crippen molar-refractivity contribution in [2.45, 2.75) is 83.1 Å². The molecule has 4 amide bonds. The number of aromatic amines is 1. The zero-order chi connectivity index (χ0) is 47.6. The number of allylic oxidation sites excluding steroid dienone is 1. The van der Waals surface area contributed by atoms with Gasteiger partial charge < -0.3 is 25.3 Å². The zero-order valence-electron chi connectivity index (χ0n) is 39.9. The zero-order valence-corrected chi connectivity index (χ0v) is 39.9. The van der Waals surface area contributed by atoms with E-state index in [9.17, 15) is 24.0 Å². The van der Waals surface area contributed by atoms with Crippen LogP contribution < -0.4 is 26.6 Å². The third kappa shape index (κ3) is 12.0. The molecule has 3 aromatic rings. The van der Waals surface area contributed by atoms with Gasteiger partial charge in [-0.2, -0.15) is 5.10 Å². The third-order valence-electron chi connectivity index (χ3n) is 15.1. The van der Waals surface area contributed by atoms with Crippen LogP contribution in [0.3, 0.4) is 0 Å². The Morgan fingerprint density at radius 3 is 2.28 bits per heavy atom. The number of amides is 4. The number of carbonyl (C=O) groups excluding carboxylic acids is 4. The van der Waals surface area contributed by atoms with Crippen LogP contribution in [0.4, 0.5) is 4.39 Å². The molecule has 0 bridgehead atoms. The summed E-state index contributed by atoms with van der Waals surface area (Å²) in [4.78, 5) is 77.6. The number of piperidine rings is 2. The Labute approximate surface area is 399 Å². The molecule has 14 nitrogen and oxygen atoms in total. The molecule has 4 saturated heterocycles. The Balaban J connectivity index is 0.768. The van der Waals surface area contributed by atoms with E-state index in [0.29, 0.717) is 84.9 Å². The molecule has 364 valence electrons. The average Bonchev–Trinajstić information content (AvgIpc) is 3.38. The van der Waals surface area contributed by atoms with Crippen LogP contribution in [0.15, 0.2) is 59.9 Å². The van der Waals surface area contributed by atoms with Crippen molar-refractivity contribution in [3.05, 3.63) is 110 Å². The van der Waals surface area contributed by atoms with E-state index in [0.717, 1.165) is 97.2 Å². The minimum Gasteiger partial charge on any atom is -0.340 e. The van der Waals surface area contributed by atoms with Gasteiger partial charge in [0.15, 0.2) is 0 Å². The first kappa shape index (κ1) is 48.9. The number of halogens is 1. The largest absolute Gasteiger partial charge is 0.340 e. The number of hydrogen-bond donors (Lipinski definition) is 3. The minimum absolute atomic E-state index is 0.0322. The van der Waals surface area contributed by atoms with Crippen LogP contribution >= 0.6 is 0 Å². The highest BCUT2D eigenvalue weighted by Crippen LogP contribution is 2.29. The first-order valence-electron chi connectivity index (χ1n) is 25.2. The van der Waals surface area contributed by atoms with Crippen LogP contribution in [0.2, 0.25) is 0 Å². The highest BCUT2D eigenvalue weighted by molar-refractivity contribution is 5.98. The summed E-state index contributed by atoms with van der Waals surface area (Å²) in [5.74, 6) is -0.0154. The number of rotatable bonds is 13. The molecular formula is C53H70FN9O5. The van der Waals surface area contributed by atoms with E-state index < -0.39 is 17.8 Å². The highest BCUT2D eigenvalue weighted by Gasteiger charge is 2.36. The van der Waals surface area contributed by atoms with E-state index in [-0.39, 0.29) is 41.2 Å². The maximum absolute atomic E-state index is 15.1. The molecule has 0 radical (unpaired) electrons. The second-order valence-electron chi connectivity index (χ2n) is 19.5. The molecule has 1 saturated carbocycles. The molecule has 5 heterocycles. The maximum Gasteiger partial charge on any atom is 0.271 e. The number of likely N-dealkylation sites (tertiary alicyclic amines) is 1. The molecule has 15 heteroatoms. The second-order valence-corrected chi connectivity index (χ2v) is 19.5. The first-order chi connectivity index (χ1) is 33.1. The van der Waals surface area contributed by atoms with Crippen molar-refractivity contribution in [3.8, 4) is 0 Å². The lowest BCUT2D eigenvalue weighted by molar-refractivity contribution is -0.137. The van der Waals surface area contributed by atoms with E-state index in [2.05, 4.69) is 43.3 Å². The summed E-state index contributed by atoms with van der Waals surface area (Å²) in [7, 11) is 0. The SMILES string of the molecule is C=C/C=c1/c(Cc2ccc(F)c(C(=O)N3CCN(C(=O)CN4CCC(CN5CCN(C(=O)C(NC(=O)c6cccc(C7CCCNC7)c6)C6CCCCC6)CC5)CC4)CC3)c2)n[nH]c(=O)/c1=C/C. The number of carbonyl (C=O) groups is 4. The van der Waals surface area contributed by atoms with Gasteiger partial charge in [0.25, 0.3) is 17.4 Å². The van der Waals surface area contributed by atoms with Gasteiger partial charge in [-0.05, 0) is 118 Å². The van der Waals surface area contributed by atoms with Crippen LogP contribution in [-0.4, -0.2) is 156 Å². The van der Waals surface area contributed by atoms with Crippen molar-refractivity contribution in [3.63, 3.8) is 0 Å². The van der Waals surface area contributed by atoms with E-state index in [1.165, 1.54) is 18.1 Å². The van der Waals surface area contributed by atoms with Crippen molar-refractivity contribution >= 4 is 35.8 Å². The smallest absolute Gasteiger partial charge is 0.271 e. The molecule has 2 unspecified atom stereocenters. The molecule has 1 aromatic heterocycles. The van der Waals surface area contributed by atoms with E-state index in [1.807, 2.05) is 28.0 Å². The predicted molar refractivity (Wildman–Crippen MR) is 262 cm³/mol. The summed E-state index contributed by atoms with van der Waals surface area (Å²) in [6.07, 6.45) is 14.8. The summed E-state index contributed by atoms with van der Waals surface area (Å²) < 4.78 is 15.1. The van der Waals surface area contributed by atoms with Gasteiger partial charge in [0.05, 0.1) is 17.8 Å². The topological polar surface area (TPSA) is 154 Å². The van der Waals surface area contributed by atoms with Crippen LogP contribution in [0.5, 0.6) is 0 Å².